The summed E-state index contributed by atoms with van der Waals surface area (Å²) in [6, 6.07) is 15.6. The molecule has 6 nitrogen and oxygen atoms in total. The Bertz CT molecular complexity index is 900. The van der Waals surface area contributed by atoms with Crippen molar-refractivity contribution in [2.45, 2.75) is 6.92 Å². The van der Waals surface area contributed by atoms with Crippen LogP contribution in [0.4, 0.5) is 0 Å². The molecule has 0 aliphatic rings. The Hall–Kier alpha value is -3.28. The Balaban J connectivity index is 2.02. The second-order valence-corrected chi connectivity index (χ2v) is 4.91. The molecule has 1 heterocycles. The number of aromatic nitrogens is 3. The predicted octanol–water partition coefficient (Wildman–Crippen LogP) is 2.20. The fourth-order valence-electron chi connectivity index (χ4n) is 2.05. The van der Waals surface area contributed by atoms with Gasteiger partial charge in [-0.1, -0.05) is 30.3 Å². The van der Waals surface area contributed by atoms with Crippen LogP contribution in [-0.4, -0.2) is 26.2 Å². The Kier molecular flexibility index (Phi) is 3.97. The number of nitrogens with zero attached hydrogens (tertiary/aromatic N) is 4. The highest BCUT2D eigenvalue weighted by molar-refractivity contribution is 5.79. The highest BCUT2D eigenvalue weighted by atomic mass is 16.3. The van der Waals surface area contributed by atoms with Gasteiger partial charge in [0, 0.05) is 5.56 Å². The van der Waals surface area contributed by atoms with Crippen LogP contribution in [0.2, 0.25) is 0 Å². The van der Waals surface area contributed by atoms with Gasteiger partial charge in [0.2, 0.25) is 0 Å². The maximum Gasteiger partial charge on any atom is 0.301 e. The zero-order valence-corrected chi connectivity index (χ0v) is 12.4. The fraction of sp³-hybridized carbons (Fsp3) is 0.0588. The van der Waals surface area contributed by atoms with E-state index >= 15 is 0 Å². The average Bonchev–Trinajstić information content (AvgIpc) is 2.57. The van der Waals surface area contributed by atoms with Crippen molar-refractivity contribution in [1.29, 1.82) is 0 Å². The summed E-state index contributed by atoms with van der Waals surface area (Å²) in [7, 11) is 0. The first-order valence-electron chi connectivity index (χ1n) is 7.00. The molecule has 0 saturated carbocycles. The maximum atomic E-state index is 12.6. The minimum Gasteiger partial charge on any atom is -0.508 e. The van der Waals surface area contributed by atoms with Gasteiger partial charge in [-0.05, 0) is 36.8 Å². The lowest BCUT2D eigenvalue weighted by molar-refractivity contribution is 0.475. The summed E-state index contributed by atoms with van der Waals surface area (Å²) in [5.74, 6) is 0.567. The summed E-state index contributed by atoms with van der Waals surface area (Å²) >= 11 is 0. The molecular formula is C17H14N4O2. The van der Waals surface area contributed by atoms with E-state index in [9.17, 15) is 9.90 Å². The van der Waals surface area contributed by atoms with Crippen LogP contribution in [0.15, 0.2) is 64.5 Å². The van der Waals surface area contributed by atoms with Gasteiger partial charge in [0.15, 0.2) is 11.5 Å². The monoisotopic (exact) mass is 306 g/mol. The van der Waals surface area contributed by atoms with Crippen molar-refractivity contribution < 1.29 is 5.11 Å². The Morgan fingerprint density at radius 2 is 1.74 bits per heavy atom. The lowest BCUT2D eigenvalue weighted by Gasteiger charge is -2.05. The zero-order chi connectivity index (χ0) is 16.2. The molecule has 3 aromatic rings. The Morgan fingerprint density at radius 1 is 1.04 bits per heavy atom. The highest BCUT2D eigenvalue weighted by Gasteiger charge is 2.10. The summed E-state index contributed by atoms with van der Waals surface area (Å²) in [4.78, 5) is 12.6. The molecule has 0 fully saturated rings. The molecule has 0 saturated heterocycles. The van der Waals surface area contributed by atoms with Gasteiger partial charge in [-0.2, -0.15) is 9.78 Å². The van der Waals surface area contributed by atoms with Crippen molar-refractivity contribution in [2.75, 3.05) is 0 Å². The zero-order valence-electron chi connectivity index (χ0n) is 12.4. The van der Waals surface area contributed by atoms with Gasteiger partial charge in [-0.25, -0.2) is 0 Å². The number of hydrogen-bond donors (Lipinski definition) is 1. The van der Waals surface area contributed by atoms with Crippen molar-refractivity contribution in [1.82, 2.24) is 14.9 Å². The molecule has 0 amide bonds. The third-order valence-electron chi connectivity index (χ3n) is 3.26. The first-order valence-corrected chi connectivity index (χ1v) is 7.00. The average molecular weight is 306 g/mol. The van der Waals surface area contributed by atoms with Gasteiger partial charge in [0.25, 0.3) is 0 Å². The van der Waals surface area contributed by atoms with Crippen LogP contribution < -0.4 is 5.56 Å². The van der Waals surface area contributed by atoms with E-state index < -0.39 is 0 Å². The number of phenolic OH excluding ortho intramolecular Hbond substituents is 1. The second-order valence-electron chi connectivity index (χ2n) is 4.91. The number of benzene rings is 2. The quantitative estimate of drug-likeness (QED) is 0.752. The van der Waals surface area contributed by atoms with E-state index in [0.29, 0.717) is 11.4 Å². The van der Waals surface area contributed by atoms with Crippen molar-refractivity contribution in [3.05, 3.63) is 76.3 Å². The molecule has 6 heteroatoms. The normalized spacial score (nSPS) is 11.0. The topological polar surface area (TPSA) is 80.4 Å². The molecule has 1 aromatic heterocycles. The highest BCUT2D eigenvalue weighted by Crippen LogP contribution is 2.11. The molecule has 0 radical (unpaired) electrons. The first-order chi connectivity index (χ1) is 11.1. The van der Waals surface area contributed by atoms with E-state index in [1.807, 2.05) is 18.2 Å². The van der Waals surface area contributed by atoms with Gasteiger partial charge in [-0.3, -0.25) is 4.79 Å². The summed E-state index contributed by atoms with van der Waals surface area (Å²) in [6.45, 7) is 1.66. The van der Waals surface area contributed by atoms with Gasteiger partial charge in [0.1, 0.15) is 5.75 Å². The van der Waals surface area contributed by atoms with E-state index in [1.165, 1.54) is 10.9 Å². The van der Waals surface area contributed by atoms with Crippen LogP contribution in [0.1, 0.15) is 11.4 Å². The van der Waals surface area contributed by atoms with Crippen LogP contribution >= 0.6 is 0 Å². The lowest BCUT2D eigenvalue weighted by atomic mass is 10.2. The molecule has 0 atom stereocenters. The number of aryl methyl sites for hydroxylation is 1. The largest absolute Gasteiger partial charge is 0.508 e. The fourth-order valence-corrected chi connectivity index (χ4v) is 2.05. The van der Waals surface area contributed by atoms with Gasteiger partial charge in [0.05, 0.1) is 6.21 Å². The van der Waals surface area contributed by atoms with Crippen LogP contribution in [0, 0.1) is 6.92 Å². The number of aromatic hydroxyl groups is 1. The van der Waals surface area contributed by atoms with Crippen molar-refractivity contribution >= 4 is 6.21 Å². The minimum absolute atomic E-state index is 0.174. The third kappa shape index (κ3) is 3.16. The standard InChI is InChI=1S/C17H14N4O2/c1-12-19-20-16(14-5-3-2-4-6-14)17(23)21(12)18-11-13-7-9-15(22)10-8-13/h2-11,22H,1H3/b18-11-. The molecule has 0 bridgehead atoms. The Labute approximate surface area is 132 Å². The first kappa shape index (κ1) is 14.6. The number of rotatable bonds is 3. The molecule has 23 heavy (non-hydrogen) atoms. The summed E-state index contributed by atoms with van der Waals surface area (Å²) < 4.78 is 1.21. The predicted molar refractivity (Wildman–Crippen MR) is 87.6 cm³/mol. The van der Waals surface area contributed by atoms with E-state index in [1.54, 1.807) is 43.3 Å². The van der Waals surface area contributed by atoms with E-state index in [-0.39, 0.29) is 17.0 Å². The summed E-state index contributed by atoms with van der Waals surface area (Å²) in [5.41, 5.74) is 1.36. The number of phenols is 1. The molecule has 0 unspecified atom stereocenters. The molecule has 0 spiro atoms. The van der Waals surface area contributed by atoms with Gasteiger partial charge in [-0.15, -0.1) is 10.2 Å². The van der Waals surface area contributed by atoms with Crippen molar-refractivity contribution in [3.63, 3.8) is 0 Å². The molecule has 3 rings (SSSR count). The molecule has 0 aliphatic carbocycles. The van der Waals surface area contributed by atoms with E-state index in [2.05, 4.69) is 15.3 Å². The van der Waals surface area contributed by atoms with Gasteiger partial charge >= 0.3 is 5.56 Å². The van der Waals surface area contributed by atoms with Gasteiger partial charge < -0.3 is 5.11 Å². The van der Waals surface area contributed by atoms with Crippen molar-refractivity contribution in [2.24, 2.45) is 5.10 Å². The minimum atomic E-state index is -0.335. The molecular weight excluding hydrogens is 292 g/mol. The van der Waals surface area contributed by atoms with E-state index in [0.717, 1.165) is 5.56 Å². The smallest absolute Gasteiger partial charge is 0.301 e. The molecule has 2 aromatic carbocycles. The van der Waals surface area contributed by atoms with Crippen LogP contribution in [-0.2, 0) is 0 Å². The number of hydrogen-bond acceptors (Lipinski definition) is 5. The molecule has 114 valence electrons. The van der Waals surface area contributed by atoms with Crippen molar-refractivity contribution in [3.8, 4) is 17.0 Å². The van der Waals surface area contributed by atoms with Crippen LogP contribution in [0.25, 0.3) is 11.3 Å². The van der Waals surface area contributed by atoms with E-state index in [4.69, 9.17) is 0 Å². The lowest BCUT2D eigenvalue weighted by Crippen LogP contribution is -2.23. The summed E-state index contributed by atoms with van der Waals surface area (Å²) in [5, 5.41) is 21.4. The molecule has 0 aliphatic heterocycles. The summed E-state index contributed by atoms with van der Waals surface area (Å²) in [6.07, 6.45) is 1.53. The third-order valence-corrected chi connectivity index (χ3v) is 3.26. The van der Waals surface area contributed by atoms with Crippen LogP contribution in [0.5, 0.6) is 5.75 Å². The molecule has 1 N–H and O–H groups in total. The van der Waals surface area contributed by atoms with Crippen LogP contribution in [0.3, 0.4) is 0 Å². The SMILES string of the molecule is Cc1nnc(-c2ccccc2)c(=O)n1/N=C\c1ccc(O)cc1. The maximum absolute atomic E-state index is 12.6. The second kappa shape index (κ2) is 6.23. The Morgan fingerprint density at radius 3 is 2.43 bits per heavy atom.